The van der Waals surface area contributed by atoms with Crippen molar-refractivity contribution in [3.05, 3.63) is 53.6 Å². The van der Waals surface area contributed by atoms with Crippen LogP contribution in [-0.4, -0.2) is 31.3 Å². The molecule has 2 unspecified atom stereocenters. The Balaban J connectivity index is 1.35. The van der Waals surface area contributed by atoms with Gasteiger partial charge in [-0.05, 0) is 42.7 Å². The van der Waals surface area contributed by atoms with Gasteiger partial charge in [-0.15, -0.1) is 0 Å². The van der Waals surface area contributed by atoms with Gasteiger partial charge < -0.3 is 19.5 Å². The van der Waals surface area contributed by atoms with Crippen LogP contribution in [0.3, 0.4) is 0 Å². The topological polar surface area (TPSA) is 56.8 Å². The summed E-state index contributed by atoms with van der Waals surface area (Å²) in [6.07, 6.45) is 1.10. The van der Waals surface area contributed by atoms with Gasteiger partial charge in [-0.3, -0.25) is 4.79 Å². The van der Waals surface area contributed by atoms with E-state index in [2.05, 4.69) is 17.4 Å². The Morgan fingerprint density at radius 2 is 2.00 bits per heavy atom. The first-order valence-corrected chi connectivity index (χ1v) is 8.62. The lowest BCUT2D eigenvalue weighted by Gasteiger charge is -2.26. The number of hydrogen-bond donors (Lipinski definition) is 1. The monoisotopic (exact) mass is 339 g/mol. The molecule has 2 heterocycles. The molecule has 0 aliphatic carbocycles. The molecule has 2 aliphatic heterocycles. The number of amides is 1. The maximum absolute atomic E-state index is 12.5. The molecule has 4 rings (SSSR count). The van der Waals surface area contributed by atoms with Gasteiger partial charge in [0.1, 0.15) is 12.4 Å². The third-order valence-electron chi connectivity index (χ3n) is 4.49. The fraction of sp³-hybridized carbons (Fsp3) is 0.350. The molecule has 0 fully saturated rings. The summed E-state index contributed by atoms with van der Waals surface area (Å²) < 4.78 is 16.9. The van der Waals surface area contributed by atoms with E-state index in [9.17, 15) is 4.79 Å². The highest BCUT2D eigenvalue weighted by molar-refractivity contribution is 5.82. The van der Waals surface area contributed by atoms with Gasteiger partial charge in [-0.25, -0.2) is 0 Å². The Labute approximate surface area is 146 Å². The van der Waals surface area contributed by atoms with Gasteiger partial charge in [0.25, 0.3) is 5.91 Å². The second-order valence-corrected chi connectivity index (χ2v) is 6.52. The van der Waals surface area contributed by atoms with Gasteiger partial charge in [0.15, 0.2) is 11.5 Å². The van der Waals surface area contributed by atoms with Gasteiger partial charge in [0.2, 0.25) is 6.10 Å². The molecule has 0 aromatic heterocycles. The number of fused-ring (bicyclic) bond motifs is 2. The Kier molecular flexibility index (Phi) is 4.22. The van der Waals surface area contributed by atoms with E-state index in [0.29, 0.717) is 11.5 Å². The summed E-state index contributed by atoms with van der Waals surface area (Å²) in [6, 6.07) is 13.6. The van der Waals surface area contributed by atoms with E-state index in [1.54, 1.807) is 0 Å². The van der Waals surface area contributed by atoms with E-state index in [0.717, 1.165) is 25.2 Å². The lowest BCUT2D eigenvalue weighted by Crippen LogP contribution is -2.47. The predicted molar refractivity (Wildman–Crippen MR) is 93.3 cm³/mol. The molecular formula is C20H21NO4. The maximum Gasteiger partial charge on any atom is 0.264 e. The molecule has 1 N–H and O–H groups in total. The molecule has 130 valence electrons. The van der Waals surface area contributed by atoms with E-state index in [4.69, 9.17) is 14.2 Å². The van der Waals surface area contributed by atoms with Crippen LogP contribution in [0.15, 0.2) is 42.5 Å². The number of ether oxygens (including phenoxy) is 3. The predicted octanol–water partition coefficient (Wildman–Crippen LogP) is 2.51. The minimum atomic E-state index is -0.620. The SMILES string of the molecule is CC(Cc1ccc2c(c1)CCO2)NC(=O)C1COc2ccccc2O1. The Bertz CT molecular complexity index is 789. The van der Waals surface area contributed by atoms with E-state index < -0.39 is 6.10 Å². The highest BCUT2D eigenvalue weighted by atomic mass is 16.6. The van der Waals surface area contributed by atoms with Crippen molar-refractivity contribution >= 4 is 5.91 Å². The van der Waals surface area contributed by atoms with Gasteiger partial charge in [-0.2, -0.15) is 0 Å². The van der Waals surface area contributed by atoms with Gasteiger partial charge in [-0.1, -0.05) is 24.3 Å². The smallest absolute Gasteiger partial charge is 0.264 e. The minimum absolute atomic E-state index is 0.00800. The van der Waals surface area contributed by atoms with Crippen LogP contribution in [0.25, 0.3) is 0 Å². The molecule has 5 nitrogen and oxygen atoms in total. The summed E-state index contributed by atoms with van der Waals surface area (Å²) in [7, 11) is 0. The van der Waals surface area contributed by atoms with Crippen molar-refractivity contribution in [3.8, 4) is 17.2 Å². The molecule has 0 saturated carbocycles. The number of carbonyl (C=O) groups excluding carboxylic acids is 1. The molecule has 2 aromatic carbocycles. The van der Waals surface area contributed by atoms with E-state index in [1.807, 2.05) is 37.3 Å². The molecule has 2 aliphatic rings. The van der Waals surface area contributed by atoms with Crippen LogP contribution in [0.4, 0.5) is 0 Å². The third kappa shape index (κ3) is 3.40. The summed E-state index contributed by atoms with van der Waals surface area (Å²) in [5.74, 6) is 2.12. The van der Waals surface area contributed by atoms with Crippen molar-refractivity contribution in [1.29, 1.82) is 0 Å². The fourth-order valence-corrected chi connectivity index (χ4v) is 3.26. The Morgan fingerprint density at radius 1 is 1.16 bits per heavy atom. The van der Waals surface area contributed by atoms with Crippen LogP contribution < -0.4 is 19.5 Å². The molecule has 5 heteroatoms. The number of hydrogen-bond acceptors (Lipinski definition) is 4. The third-order valence-corrected chi connectivity index (χ3v) is 4.49. The lowest BCUT2D eigenvalue weighted by molar-refractivity contribution is -0.130. The zero-order valence-electron chi connectivity index (χ0n) is 14.2. The summed E-state index contributed by atoms with van der Waals surface area (Å²) in [4.78, 5) is 12.5. The van der Waals surface area contributed by atoms with Gasteiger partial charge >= 0.3 is 0 Å². The summed E-state index contributed by atoms with van der Waals surface area (Å²) in [5.41, 5.74) is 2.44. The highest BCUT2D eigenvalue weighted by Crippen LogP contribution is 2.31. The van der Waals surface area contributed by atoms with E-state index in [1.165, 1.54) is 11.1 Å². The van der Waals surface area contributed by atoms with Crippen LogP contribution in [0.1, 0.15) is 18.1 Å². The maximum atomic E-state index is 12.5. The van der Waals surface area contributed by atoms with Crippen LogP contribution in [-0.2, 0) is 17.6 Å². The van der Waals surface area contributed by atoms with Crippen LogP contribution in [0.5, 0.6) is 17.2 Å². The summed E-state index contributed by atoms with van der Waals surface area (Å²) in [5, 5.41) is 3.02. The molecular weight excluding hydrogens is 318 g/mol. The first-order chi connectivity index (χ1) is 12.2. The Morgan fingerprint density at radius 3 is 2.88 bits per heavy atom. The molecule has 0 radical (unpaired) electrons. The van der Waals surface area contributed by atoms with Gasteiger partial charge in [0, 0.05) is 12.5 Å². The van der Waals surface area contributed by atoms with Crippen LogP contribution in [0, 0.1) is 0 Å². The number of carbonyl (C=O) groups is 1. The number of benzene rings is 2. The van der Waals surface area contributed by atoms with Crippen molar-refractivity contribution in [3.63, 3.8) is 0 Å². The normalized spacial score (nSPS) is 18.8. The zero-order chi connectivity index (χ0) is 17.2. The largest absolute Gasteiger partial charge is 0.493 e. The average Bonchev–Trinajstić information content (AvgIpc) is 3.09. The number of para-hydroxylation sites is 2. The van der Waals surface area contributed by atoms with Crippen molar-refractivity contribution in [2.24, 2.45) is 0 Å². The van der Waals surface area contributed by atoms with Crippen LogP contribution in [0.2, 0.25) is 0 Å². The minimum Gasteiger partial charge on any atom is -0.493 e. The first-order valence-electron chi connectivity index (χ1n) is 8.62. The molecule has 0 bridgehead atoms. The average molecular weight is 339 g/mol. The standard InChI is InChI=1S/C20H21NO4/c1-13(10-14-6-7-16-15(11-14)8-9-23-16)21-20(22)19-12-24-17-4-2-3-5-18(17)25-19/h2-7,11,13,19H,8-10,12H2,1H3,(H,21,22). The van der Waals surface area contributed by atoms with Crippen molar-refractivity contribution in [2.75, 3.05) is 13.2 Å². The fourth-order valence-electron chi connectivity index (χ4n) is 3.26. The second-order valence-electron chi connectivity index (χ2n) is 6.52. The quantitative estimate of drug-likeness (QED) is 0.930. The molecule has 2 atom stereocenters. The number of nitrogens with one attached hydrogen (secondary N) is 1. The zero-order valence-corrected chi connectivity index (χ0v) is 14.2. The molecule has 2 aromatic rings. The summed E-state index contributed by atoms with van der Waals surface area (Å²) in [6.45, 7) is 2.98. The van der Waals surface area contributed by atoms with E-state index >= 15 is 0 Å². The first kappa shape index (κ1) is 15.8. The van der Waals surface area contributed by atoms with Crippen LogP contribution >= 0.6 is 0 Å². The second kappa shape index (κ2) is 6.67. The Hall–Kier alpha value is -2.69. The van der Waals surface area contributed by atoms with Crippen molar-refractivity contribution < 1.29 is 19.0 Å². The van der Waals surface area contributed by atoms with E-state index in [-0.39, 0.29) is 18.6 Å². The highest BCUT2D eigenvalue weighted by Gasteiger charge is 2.28. The molecule has 0 saturated heterocycles. The van der Waals surface area contributed by atoms with Gasteiger partial charge in [0.05, 0.1) is 6.61 Å². The van der Waals surface area contributed by atoms with Crippen molar-refractivity contribution in [2.45, 2.75) is 31.9 Å². The number of rotatable bonds is 4. The molecule has 1 amide bonds. The summed E-state index contributed by atoms with van der Waals surface area (Å²) >= 11 is 0. The van der Waals surface area contributed by atoms with Crippen molar-refractivity contribution in [1.82, 2.24) is 5.32 Å². The molecule has 25 heavy (non-hydrogen) atoms. The lowest BCUT2D eigenvalue weighted by atomic mass is 10.0. The molecule has 0 spiro atoms.